The number of pyridine rings is 1. The number of carbonyl (C=O) groups is 1. The number of carbonyl (C=O) groups excluding carboxylic acids is 1. The van der Waals surface area contributed by atoms with E-state index in [9.17, 15) is 9.90 Å². The minimum absolute atomic E-state index is 0.0115. The molecule has 1 aromatic heterocycles. The Morgan fingerprint density at radius 3 is 2.50 bits per heavy atom. The maximum Gasteiger partial charge on any atom is 0.319 e. The number of thioether (sulfide) groups is 1. The first-order chi connectivity index (χ1) is 16.6. The summed E-state index contributed by atoms with van der Waals surface area (Å²) < 4.78 is 12.7. The second kappa shape index (κ2) is 12.0. The number of ether oxygens (including phenoxy) is 2. The minimum atomic E-state index is -0.538. The van der Waals surface area contributed by atoms with Gasteiger partial charge in [-0.3, -0.25) is 0 Å². The second-order valence-corrected chi connectivity index (χ2v) is 8.98. The highest BCUT2D eigenvalue weighted by Gasteiger charge is 2.32. The quantitative estimate of drug-likeness (QED) is 0.392. The lowest BCUT2D eigenvalue weighted by Crippen LogP contribution is -2.31. The van der Waals surface area contributed by atoms with Crippen LogP contribution >= 0.6 is 11.8 Å². The highest BCUT2D eigenvalue weighted by Crippen LogP contribution is 2.39. The van der Waals surface area contributed by atoms with E-state index in [2.05, 4.69) is 15.6 Å². The van der Waals surface area contributed by atoms with Crippen LogP contribution in [0.25, 0.3) is 0 Å². The molecule has 0 saturated carbocycles. The number of hydrogen-bond donors (Lipinski definition) is 3. The van der Waals surface area contributed by atoms with Gasteiger partial charge in [0.15, 0.2) is 6.29 Å². The Kier molecular flexibility index (Phi) is 8.54. The first-order valence-corrected chi connectivity index (χ1v) is 12.3. The lowest BCUT2D eigenvalue weighted by Gasteiger charge is -2.36. The van der Waals surface area contributed by atoms with Gasteiger partial charge in [-0.1, -0.05) is 42.5 Å². The molecule has 1 saturated heterocycles. The van der Waals surface area contributed by atoms with Gasteiger partial charge in [-0.25, -0.2) is 9.78 Å². The number of aromatic nitrogens is 1. The topological polar surface area (TPSA) is 92.7 Å². The Labute approximate surface area is 203 Å². The van der Waals surface area contributed by atoms with Crippen LogP contribution in [0, 0.1) is 0 Å². The highest BCUT2D eigenvalue weighted by atomic mass is 32.2. The zero-order valence-corrected chi connectivity index (χ0v) is 19.8. The van der Waals surface area contributed by atoms with Gasteiger partial charge in [0.2, 0.25) is 0 Å². The third-order valence-electron chi connectivity index (χ3n) is 5.45. The smallest absolute Gasteiger partial charge is 0.319 e. The van der Waals surface area contributed by atoms with Crippen molar-refractivity contribution in [2.75, 3.05) is 17.6 Å². The Morgan fingerprint density at radius 1 is 1.06 bits per heavy atom. The molecule has 0 radical (unpaired) electrons. The molecule has 7 nitrogen and oxygen atoms in total. The van der Waals surface area contributed by atoms with Crippen LogP contribution in [0.3, 0.4) is 0 Å². The number of nitrogens with zero attached hydrogens (tertiary/aromatic N) is 1. The fourth-order valence-electron chi connectivity index (χ4n) is 3.69. The van der Waals surface area contributed by atoms with Crippen molar-refractivity contribution in [2.24, 2.45) is 0 Å². The molecule has 2 heterocycles. The highest BCUT2D eigenvalue weighted by molar-refractivity contribution is 7.99. The van der Waals surface area contributed by atoms with Crippen molar-refractivity contribution in [3.8, 4) is 0 Å². The van der Waals surface area contributed by atoms with Crippen LogP contribution in [-0.4, -0.2) is 34.5 Å². The number of hydrogen-bond acceptors (Lipinski definition) is 6. The Hall–Kier alpha value is -2.91. The summed E-state index contributed by atoms with van der Waals surface area (Å²) in [5, 5.41) is 15.8. The standard InChI is InChI=1S/C26H29N3O4S/c1-2-27-26(31)29-21-12-10-20(11-13-21)25-32-22(17-34-24-5-3-4-14-28-24)15-23(33-25)19-8-6-18(16-30)7-9-19/h3-14,22-23,25,30H,2,15-17H2,1H3,(H2,27,29,31)/t22-,23+,25+/m0/s1. The number of anilines is 1. The molecule has 8 heteroatoms. The molecule has 1 aliphatic rings. The largest absolute Gasteiger partial charge is 0.392 e. The van der Waals surface area contributed by atoms with Crippen LogP contribution in [0.5, 0.6) is 0 Å². The molecule has 3 atom stereocenters. The third-order valence-corrected chi connectivity index (χ3v) is 6.52. The van der Waals surface area contributed by atoms with Gasteiger partial charge in [-0.15, -0.1) is 11.8 Å². The number of aliphatic hydroxyl groups is 1. The van der Waals surface area contributed by atoms with E-state index in [-0.39, 0.29) is 24.8 Å². The molecular formula is C26H29N3O4S. The molecule has 4 rings (SSSR count). The summed E-state index contributed by atoms with van der Waals surface area (Å²) >= 11 is 1.66. The molecule has 0 spiro atoms. The zero-order valence-electron chi connectivity index (χ0n) is 19.0. The van der Waals surface area contributed by atoms with E-state index in [1.165, 1.54) is 0 Å². The molecule has 1 aliphatic heterocycles. The van der Waals surface area contributed by atoms with Crippen LogP contribution in [0.2, 0.25) is 0 Å². The van der Waals surface area contributed by atoms with Crippen molar-refractivity contribution in [3.63, 3.8) is 0 Å². The molecule has 3 aromatic rings. The van der Waals surface area contributed by atoms with Crippen molar-refractivity contribution < 1.29 is 19.4 Å². The summed E-state index contributed by atoms with van der Waals surface area (Å²) in [6, 6.07) is 21.0. The maximum atomic E-state index is 11.8. The first-order valence-electron chi connectivity index (χ1n) is 11.3. The monoisotopic (exact) mass is 479 g/mol. The van der Waals surface area contributed by atoms with E-state index in [0.29, 0.717) is 18.7 Å². The van der Waals surface area contributed by atoms with Crippen LogP contribution in [-0.2, 0) is 16.1 Å². The van der Waals surface area contributed by atoms with Crippen molar-refractivity contribution in [1.82, 2.24) is 10.3 Å². The Morgan fingerprint density at radius 2 is 1.82 bits per heavy atom. The number of urea groups is 1. The zero-order chi connectivity index (χ0) is 23.8. The van der Waals surface area contributed by atoms with Crippen LogP contribution < -0.4 is 10.6 Å². The molecule has 0 unspecified atom stereocenters. The van der Waals surface area contributed by atoms with Gasteiger partial charge >= 0.3 is 6.03 Å². The molecule has 2 aromatic carbocycles. The average Bonchev–Trinajstić information content (AvgIpc) is 2.88. The molecular weight excluding hydrogens is 450 g/mol. The number of benzene rings is 2. The van der Waals surface area contributed by atoms with Crippen molar-refractivity contribution in [2.45, 2.75) is 43.5 Å². The van der Waals surface area contributed by atoms with E-state index in [1.807, 2.05) is 73.7 Å². The van der Waals surface area contributed by atoms with Gasteiger partial charge in [-0.2, -0.15) is 0 Å². The van der Waals surface area contributed by atoms with Crippen LogP contribution in [0.4, 0.5) is 10.5 Å². The lowest BCUT2D eigenvalue weighted by molar-refractivity contribution is -0.245. The maximum absolute atomic E-state index is 11.8. The normalized spacial score (nSPS) is 20.0. The number of nitrogens with one attached hydrogen (secondary N) is 2. The van der Waals surface area contributed by atoms with Crippen molar-refractivity contribution >= 4 is 23.5 Å². The molecule has 3 N–H and O–H groups in total. The molecule has 1 fully saturated rings. The summed E-state index contributed by atoms with van der Waals surface area (Å²) in [6.45, 7) is 2.44. The van der Waals surface area contributed by atoms with Crippen molar-refractivity contribution in [1.29, 1.82) is 0 Å². The molecule has 34 heavy (non-hydrogen) atoms. The van der Waals surface area contributed by atoms with Crippen LogP contribution in [0.15, 0.2) is 78.0 Å². The Balaban J connectivity index is 1.49. The van der Waals surface area contributed by atoms with E-state index < -0.39 is 6.29 Å². The lowest BCUT2D eigenvalue weighted by atomic mass is 10.0. The van der Waals surface area contributed by atoms with E-state index in [1.54, 1.807) is 18.0 Å². The van der Waals surface area contributed by atoms with Gasteiger partial charge in [0.05, 0.1) is 23.8 Å². The van der Waals surface area contributed by atoms with Gasteiger partial charge in [0.25, 0.3) is 0 Å². The number of aliphatic hydroxyl groups excluding tert-OH is 1. The number of rotatable bonds is 8. The van der Waals surface area contributed by atoms with Gasteiger partial charge in [0, 0.05) is 36.2 Å². The first kappa shape index (κ1) is 24.2. The van der Waals surface area contributed by atoms with Gasteiger partial charge < -0.3 is 25.2 Å². The predicted molar refractivity (Wildman–Crippen MR) is 133 cm³/mol. The predicted octanol–water partition coefficient (Wildman–Crippen LogP) is 5.05. The van der Waals surface area contributed by atoms with E-state index in [4.69, 9.17) is 9.47 Å². The average molecular weight is 480 g/mol. The van der Waals surface area contributed by atoms with Crippen molar-refractivity contribution in [3.05, 3.63) is 89.6 Å². The second-order valence-electron chi connectivity index (χ2n) is 7.94. The van der Waals surface area contributed by atoms with Gasteiger partial charge in [-0.05, 0) is 42.3 Å². The fourth-order valence-corrected chi connectivity index (χ4v) is 4.57. The summed E-state index contributed by atoms with van der Waals surface area (Å²) in [4.78, 5) is 16.2. The Bertz CT molecular complexity index is 1050. The van der Waals surface area contributed by atoms with E-state index >= 15 is 0 Å². The van der Waals surface area contributed by atoms with Gasteiger partial charge in [0.1, 0.15) is 0 Å². The molecule has 0 aliphatic carbocycles. The fraction of sp³-hybridized carbons (Fsp3) is 0.308. The van der Waals surface area contributed by atoms with E-state index in [0.717, 1.165) is 27.5 Å². The van der Waals surface area contributed by atoms with Crippen LogP contribution in [0.1, 0.15) is 42.4 Å². The molecule has 2 amide bonds. The summed E-state index contributed by atoms with van der Waals surface area (Å²) in [5.74, 6) is 0.749. The SMILES string of the molecule is CCNC(=O)Nc1ccc([C@@H]2O[C@H](CSc3ccccn3)C[C@H](c3ccc(CO)cc3)O2)cc1. The summed E-state index contributed by atoms with van der Waals surface area (Å²) in [7, 11) is 0. The minimum Gasteiger partial charge on any atom is -0.392 e. The molecule has 178 valence electrons. The number of amides is 2. The molecule has 0 bridgehead atoms. The summed E-state index contributed by atoms with van der Waals surface area (Å²) in [6.07, 6.45) is 1.78. The third kappa shape index (κ3) is 6.57. The summed E-state index contributed by atoms with van der Waals surface area (Å²) in [5.41, 5.74) is 3.49.